The van der Waals surface area contributed by atoms with Crippen LogP contribution in [0.2, 0.25) is 0 Å². The average molecular weight is 248 g/mol. The standard InChI is InChI=1S/C15H20O3/c1-2-11-6-7-15(9-11,14(17)18)10-12-4-3-5-13(16)8-12/h3-5,8,11,16H,2,6-7,9-10H2,1H3,(H,17,18). The highest BCUT2D eigenvalue weighted by Crippen LogP contribution is 2.45. The van der Waals surface area contributed by atoms with E-state index in [4.69, 9.17) is 0 Å². The zero-order valence-electron chi connectivity index (χ0n) is 10.7. The molecule has 98 valence electrons. The Labute approximate surface area is 107 Å². The minimum Gasteiger partial charge on any atom is -0.508 e. The van der Waals surface area contributed by atoms with Gasteiger partial charge in [0.15, 0.2) is 0 Å². The quantitative estimate of drug-likeness (QED) is 0.860. The van der Waals surface area contributed by atoms with Crippen LogP contribution >= 0.6 is 0 Å². The normalized spacial score (nSPS) is 27.3. The van der Waals surface area contributed by atoms with E-state index >= 15 is 0 Å². The van der Waals surface area contributed by atoms with Crippen LogP contribution in [0.1, 0.15) is 38.2 Å². The van der Waals surface area contributed by atoms with Crippen LogP contribution in [-0.2, 0) is 11.2 Å². The Hall–Kier alpha value is -1.51. The molecule has 0 amide bonds. The van der Waals surface area contributed by atoms with E-state index in [9.17, 15) is 15.0 Å². The van der Waals surface area contributed by atoms with Crippen molar-refractivity contribution in [1.82, 2.24) is 0 Å². The van der Waals surface area contributed by atoms with Crippen molar-refractivity contribution >= 4 is 5.97 Å². The summed E-state index contributed by atoms with van der Waals surface area (Å²) < 4.78 is 0. The molecule has 2 unspecified atom stereocenters. The summed E-state index contributed by atoms with van der Waals surface area (Å²) in [5.74, 6) is 0.0401. The first-order chi connectivity index (χ1) is 8.55. The molecule has 1 aromatic carbocycles. The van der Waals surface area contributed by atoms with Gasteiger partial charge in [0.25, 0.3) is 0 Å². The largest absolute Gasteiger partial charge is 0.508 e. The molecule has 0 aromatic heterocycles. The maximum absolute atomic E-state index is 11.6. The van der Waals surface area contributed by atoms with Crippen LogP contribution in [0.4, 0.5) is 0 Å². The van der Waals surface area contributed by atoms with Crippen molar-refractivity contribution in [2.24, 2.45) is 11.3 Å². The monoisotopic (exact) mass is 248 g/mol. The van der Waals surface area contributed by atoms with Gasteiger partial charge in [0, 0.05) is 0 Å². The van der Waals surface area contributed by atoms with Crippen LogP contribution in [0.3, 0.4) is 0 Å². The van der Waals surface area contributed by atoms with Crippen LogP contribution in [-0.4, -0.2) is 16.2 Å². The number of hydrogen-bond donors (Lipinski definition) is 2. The molecule has 0 spiro atoms. The molecular weight excluding hydrogens is 228 g/mol. The minimum absolute atomic E-state index is 0.207. The minimum atomic E-state index is -0.693. The third-order valence-electron chi connectivity index (χ3n) is 4.19. The van der Waals surface area contributed by atoms with E-state index in [0.717, 1.165) is 31.2 Å². The maximum atomic E-state index is 11.6. The Balaban J connectivity index is 2.20. The first kappa shape index (κ1) is 12.9. The molecule has 1 aromatic rings. The number of carbonyl (C=O) groups is 1. The van der Waals surface area contributed by atoms with Gasteiger partial charge in [-0.25, -0.2) is 0 Å². The Morgan fingerprint density at radius 2 is 2.28 bits per heavy atom. The van der Waals surface area contributed by atoms with Gasteiger partial charge in [-0.3, -0.25) is 4.79 Å². The Morgan fingerprint density at radius 1 is 1.50 bits per heavy atom. The summed E-state index contributed by atoms with van der Waals surface area (Å²) >= 11 is 0. The van der Waals surface area contributed by atoms with Gasteiger partial charge in [-0.2, -0.15) is 0 Å². The second-order valence-corrected chi connectivity index (χ2v) is 5.45. The fourth-order valence-corrected chi connectivity index (χ4v) is 3.07. The maximum Gasteiger partial charge on any atom is 0.309 e. The number of rotatable bonds is 4. The second-order valence-electron chi connectivity index (χ2n) is 5.45. The number of hydrogen-bond acceptors (Lipinski definition) is 2. The highest BCUT2D eigenvalue weighted by atomic mass is 16.4. The molecule has 0 bridgehead atoms. The first-order valence-corrected chi connectivity index (χ1v) is 6.57. The Bertz CT molecular complexity index is 441. The van der Waals surface area contributed by atoms with Gasteiger partial charge in [-0.05, 0) is 49.3 Å². The number of carboxylic acids is 1. The van der Waals surface area contributed by atoms with E-state index in [1.54, 1.807) is 18.2 Å². The summed E-state index contributed by atoms with van der Waals surface area (Å²) in [6.45, 7) is 2.12. The molecule has 1 aliphatic carbocycles. The fourth-order valence-electron chi connectivity index (χ4n) is 3.07. The summed E-state index contributed by atoms with van der Waals surface area (Å²) in [4.78, 5) is 11.6. The second kappa shape index (κ2) is 5.01. The van der Waals surface area contributed by atoms with Crippen LogP contribution in [0, 0.1) is 11.3 Å². The molecule has 0 heterocycles. The fraction of sp³-hybridized carbons (Fsp3) is 0.533. The highest BCUT2D eigenvalue weighted by Gasteiger charge is 2.44. The van der Waals surface area contributed by atoms with Crippen molar-refractivity contribution in [3.05, 3.63) is 29.8 Å². The zero-order valence-corrected chi connectivity index (χ0v) is 10.7. The molecule has 0 saturated heterocycles. The van der Waals surface area contributed by atoms with Gasteiger partial charge >= 0.3 is 5.97 Å². The van der Waals surface area contributed by atoms with Crippen molar-refractivity contribution in [1.29, 1.82) is 0 Å². The molecule has 0 aliphatic heterocycles. The third-order valence-corrected chi connectivity index (χ3v) is 4.19. The van der Waals surface area contributed by atoms with E-state index < -0.39 is 11.4 Å². The number of phenolic OH excluding ortho intramolecular Hbond substituents is 1. The summed E-state index contributed by atoms with van der Waals surface area (Å²) in [7, 11) is 0. The third kappa shape index (κ3) is 2.50. The number of carboxylic acid groups (broad SMARTS) is 1. The molecule has 1 fully saturated rings. The molecule has 1 aliphatic rings. The number of aliphatic carboxylic acids is 1. The molecule has 3 heteroatoms. The Kier molecular flexibility index (Phi) is 3.60. The average Bonchev–Trinajstić information content (AvgIpc) is 2.74. The van der Waals surface area contributed by atoms with E-state index in [1.165, 1.54) is 0 Å². The molecule has 2 N–H and O–H groups in total. The van der Waals surface area contributed by atoms with E-state index in [1.807, 2.05) is 6.07 Å². The van der Waals surface area contributed by atoms with Gasteiger partial charge < -0.3 is 10.2 Å². The van der Waals surface area contributed by atoms with Crippen LogP contribution in [0.15, 0.2) is 24.3 Å². The SMILES string of the molecule is CCC1CCC(Cc2cccc(O)c2)(C(=O)O)C1. The highest BCUT2D eigenvalue weighted by molar-refractivity contribution is 5.75. The van der Waals surface area contributed by atoms with Gasteiger partial charge in [-0.1, -0.05) is 25.5 Å². The molecule has 2 rings (SSSR count). The molecule has 2 atom stereocenters. The molecular formula is C15H20O3. The van der Waals surface area contributed by atoms with Crippen molar-refractivity contribution in [3.63, 3.8) is 0 Å². The first-order valence-electron chi connectivity index (χ1n) is 6.57. The summed E-state index contributed by atoms with van der Waals surface area (Å²) in [6.07, 6.45) is 4.08. The Morgan fingerprint density at radius 3 is 2.83 bits per heavy atom. The van der Waals surface area contributed by atoms with Crippen LogP contribution in [0.25, 0.3) is 0 Å². The topological polar surface area (TPSA) is 57.5 Å². The molecule has 3 nitrogen and oxygen atoms in total. The predicted octanol–water partition coefficient (Wildman–Crippen LogP) is 3.22. The van der Waals surface area contributed by atoms with Gasteiger partial charge in [0.2, 0.25) is 0 Å². The summed E-state index contributed by atoms with van der Waals surface area (Å²) in [5, 5.41) is 19.0. The van der Waals surface area contributed by atoms with Crippen molar-refractivity contribution in [2.75, 3.05) is 0 Å². The van der Waals surface area contributed by atoms with Crippen molar-refractivity contribution < 1.29 is 15.0 Å². The molecule has 0 radical (unpaired) electrons. The predicted molar refractivity (Wildman–Crippen MR) is 69.5 cm³/mol. The lowest BCUT2D eigenvalue weighted by Gasteiger charge is -2.24. The van der Waals surface area contributed by atoms with Gasteiger partial charge in [-0.15, -0.1) is 0 Å². The van der Waals surface area contributed by atoms with E-state index in [-0.39, 0.29) is 5.75 Å². The van der Waals surface area contributed by atoms with E-state index in [0.29, 0.717) is 12.3 Å². The lowest BCUT2D eigenvalue weighted by Crippen LogP contribution is -2.30. The molecule has 18 heavy (non-hydrogen) atoms. The van der Waals surface area contributed by atoms with Crippen LogP contribution in [0.5, 0.6) is 5.75 Å². The number of aromatic hydroxyl groups is 1. The van der Waals surface area contributed by atoms with Crippen molar-refractivity contribution in [3.8, 4) is 5.75 Å². The summed E-state index contributed by atoms with van der Waals surface area (Å²) in [5.41, 5.74) is 0.281. The van der Waals surface area contributed by atoms with E-state index in [2.05, 4.69) is 6.92 Å². The van der Waals surface area contributed by atoms with Gasteiger partial charge in [0.05, 0.1) is 5.41 Å². The van der Waals surface area contributed by atoms with Crippen LogP contribution < -0.4 is 0 Å². The smallest absolute Gasteiger partial charge is 0.309 e. The lowest BCUT2D eigenvalue weighted by atomic mass is 9.79. The lowest BCUT2D eigenvalue weighted by molar-refractivity contribution is -0.148. The van der Waals surface area contributed by atoms with Gasteiger partial charge in [0.1, 0.15) is 5.75 Å². The number of phenols is 1. The number of benzene rings is 1. The van der Waals surface area contributed by atoms with Crippen molar-refractivity contribution in [2.45, 2.75) is 39.0 Å². The molecule has 1 saturated carbocycles. The zero-order chi connectivity index (χ0) is 13.2. The summed E-state index contributed by atoms with van der Waals surface area (Å²) in [6, 6.07) is 6.94.